The van der Waals surface area contributed by atoms with Crippen molar-refractivity contribution in [3.63, 3.8) is 0 Å². The highest BCUT2D eigenvalue weighted by atomic mass is 35.5. The Morgan fingerprint density at radius 2 is 1.84 bits per heavy atom. The molecule has 7 heteroatoms. The van der Waals surface area contributed by atoms with E-state index in [0.29, 0.717) is 48.7 Å². The third kappa shape index (κ3) is 4.59. The third-order valence-corrected chi connectivity index (χ3v) is 6.36. The van der Waals surface area contributed by atoms with Crippen molar-refractivity contribution in [2.24, 2.45) is 5.92 Å². The standard InChI is InChI=1S/C24H25ClN2O4/c1-15-13-19(28)23-20(8-7-18(25)22(15)23)31-14-21(29)27-11-9-16(10-12-27)24(30)26-17-5-3-2-4-6-17/h2-8,15-16H,9-14H2,1H3,(H,26,30). The zero-order valence-electron chi connectivity index (χ0n) is 17.4. The molecule has 6 nitrogen and oxygen atoms in total. The van der Waals surface area contributed by atoms with Gasteiger partial charge in [0.15, 0.2) is 12.4 Å². The van der Waals surface area contributed by atoms with Crippen molar-refractivity contribution < 1.29 is 19.1 Å². The van der Waals surface area contributed by atoms with Gasteiger partial charge >= 0.3 is 0 Å². The number of para-hydroxylation sites is 1. The summed E-state index contributed by atoms with van der Waals surface area (Å²) in [6, 6.07) is 12.7. The fourth-order valence-electron chi connectivity index (χ4n) is 4.33. The van der Waals surface area contributed by atoms with Gasteiger partial charge in [-0.3, -0.25) is 14.4 Å². The van der Waals surface area contributed by atoms with E-state index in [1.54, 1.807) is 17.0 Å². The first kappa shape index (κ1) is 21.4. The van der Waals surface area contributed by atoms with E-state index >= 15 is 0 Å². The number of nitrogens with one attached hydrogen (secondary N) is 1. The van der Waals surface area contributed by atoms with E-state index in [0.717, 1.165) is 11.3 Å². The molecule has 1 saturated heterocycles. The Kier molecular flexibility index (Phi) is 6.28. The van der Waals surface area contributed by atoms with Crippen molar-refractivity contribution >= 4 is 34.9 Å². The van der Waals surface area contributed by atoms with Crippen molar-refractivity contribution in [1.29, 1.82) is 0 Å². The Bertz CT molecular complexity index is 1000. The number of halogens is 1. The van der Waals surface area contributed by atoms with Crippen molar-refractivity contribution in [2.45, 2.75) is 32.1 Å². The SMILES string of the molecule is CC1CC(=O)c2c(OCC(=O)N3CCC(C(=O)Nc4ccccc4)CC3)ccc(Cl)c21. The Hall–Kier alpha value is -2.86. The predicted octanol–water partition coefficient (Wildman–Crippen LogP) is 4.29. The highest BCUT2D eigenvalue weighted by molar-refractivity contribution is 6.32. The molecule has 0 radical (unpaired) electrons. The number of nitrogens with zero attached hydrogens (tertiary/aromatic N) is 1. The largest absolute Gasteiger partial charge is 0.483 e. The first-order valence-electron chi connectivity index (χ1n) is 10.6. The summed E-state index contributed by atoms with van der Waals surface area (Å²) >= 11 is 6.26. The lowest BCUT2D eigenvalue weighted by molar-refractivity contribution is -0.136. The topological polar surface area (TPSA) is 75.7 Å². The quantitative estimate of drug-likeness (QED) is 0.752. The highest BCUT2D eigenvalue weighted by Crippen LogP contribution is 2.42. The number of hydrogen-bond acceptors (Lipinski definition) is 4. The third-order valence-electron chi connectivity index (χ3n) is 6.03. The minimum absolute atomic E-state index is 0.00214. The van der Waals surface area contributed by atoms with E-state index in [1.807, 2.05) is 37.3 Å². The number of anilines is 1. The van der Waals surface area contributed by atoms with Crippen LogP contribution in [0, 0.1) is 5.92 Å². The molecule has 1 N–H and O–H groups in total. The van der Waals surface area contributed by atoms with Gasteiger partial charge in [0.1, 0.15) is 5.75 Å². The monoisotopic (exact) mass is 440 g/mol. The van der Waals surface area contributed by atoms with Crippen molar-refractivity contribution in [3.05, 3.63) is 58.6 Å². The minimum atomic E-state index is -0.149. The van der Waals surface area contributed by atoms with Gasteiger partial charge in [0.05, 0.1) is 5.56 Å². The van der Waals surface area contributed by atoms with E-state index < -0.39 is 0 Å². The maximum absolute atomic E-state index is 12.6. The number of likely N-dealkylation sites (tertiary alicyclic amines) is 1. The van der Waals surface area contributed by atoms with E-state index in [2.05, 4.69) is 5.32 Å². The molecule has 2 amide bonds. The summed E-state index contributed by atoms with van der Waals surface area (Å²) in [6.45, 7) is 2.83. The number of carbonyl (C=O) groups is 3. The van der Waals surface area contributed by atoms with E-state index in [1.165, 1.54) is 0 Å². The van der Waals surface area contributed by atoms with Crippen LogP contribution in [-0.2, 0) is 9.59 Å². The van der Waals surface area contributed by atoms with Crippen LogP contribution in [0.4, 0.5) is 5.69 Å². The Labute approximate surface area is 186 Å². The summed E-state index contributed by atoms with van der Waals surface area (Å²) in [5, 5.41) is 3.49. The second-order valence-corrected chi connectivity index (χ2v) is 8.57. The number of rotatable bonds is 5. The molecule has 31 heavy (non-hydrogen) atoms. The molecule has 1 aliphatic carbocycles. The summed E-state index contributed by atoms with van der Waals surface area (Å²) in [5.41, 5.74) is 2.09. The van der Waals surface area contributed by atoms with Crippen LogP contribution >= 0.6 is 11.6 Å². The molecule has 0 saturated carbocycles. The Morgan fingerprint density at radius 3 is 2.55 bits per heavy atom. The molecule has 162 valence electrons. The molecule has 4 rings (SSSR count). The number of ketones is 1. The number of Topliss-reactive ketones (excluding diaryl/α,β-unsaturated/α-hetero) is 1. The lowest BCUT2D eigenvalue weighted by Gasteiger charge is -2.31. The number of amides is 2. The lowest BCUT2D eigenvalue weighted by atomic mass is 9.95. The van der Waals surface area contributed by atoms with Gasteiger partial charge in [-0.1, -0.05) is 36.7 Å². The molecule has 1 aliphatic heterocycles. The molecule has 1 fully saturated rings. The fourth-order valence-corrected chi connectivity index (χ4v) is 4.68. The van der Waals surface area contributed by atoms with Crippen LogP contribution in [0.2, 0.25) is 5.02 Å². The van der Waals surface area contributed by atoms with Crippen molar-refractivity contribution in [3.8, 4) is 5.75 Å². The second-order valence-electron chi connectivity index (χ2n) is 8.16. The molecule has 2 aromatic rings. The Morgan fingerprint density at radius 1 is 1.13 bits per heavy atom. The van der Waals surface area contributed by atoms with Crippen LogP contribution in [0.25, 0.3) is 0 Å². The van der Waals surface area contributed by atoms with Gasteiger partial charge in [0.25, 0.3) is 5.91 Å². The maximum atomic E-state index is 12.6. The van der Waals surface area contributed by atoms with Crippen molar-refractivity contribution in [2.75, 3.05) is 25.0 Å². The summed E-state index contributed by atoms with van der Waals surface area (Å²) in [4.78, 5) is 39.2. The normalized spacial score (nSPS) is 18.6. The lowest BCUT2D eigenvalue weighted by Crippen LogP contribution is -2.43. The van der Waals surface area contributed by atoms with E-state index in [9.17, 15) is 14.4 Å². The maximum Gasteiger partial charge on any atom is 0.260 e. The van der Waals surface area contributed by atoms with Gasteiger partial charge < -0.3 is 15.0 Å². The van der Waals surface area contributed by atoms with Crippen molar-refractivity contribution in [1.82, 2.24) is 4.90 Å². The molecule has 1 heterocycles. The van der Waals surface area contributed by atoms with Crippen LogP contribution in [0.5, 0.6) is 5.75 Å². The summed E-state index contributed by atoms with van der Waals surface area (Å²) in [6.07, 6.45) is 1.62. The van der Waals surface area contributed by atoms with Crippen LogP contribution in [0.15, 0.2) is 42.5 Å². The molecule has 0 spiro atoms. The molecule has 1 atom stereocenters. The zero-order valence-corrected chi connectivity index (χ0v) is 18.2. The molecule has 0 aromatic heterocycles. The van der Waals surface area contributed by atoms with Crippen LogP contribution < -0.4 is 10.1 Å². The van der Waals surface area contributed by atoms with Gasteiger partial charge in [-0.25, -0.2) is 0 Å². The van der Waals surface area contributed by atoms with E-state index in [4.69, 9.17) is 16.3 Å². The summed E-state index contributed by atoms with van der Waals surface area (Å²) < 4.78 is 5.74. The minimum Gasteiger partial charge on any atom is -0.483 e. The molecular weight excluding hydrogens is 416 g/mol. The number of carbonyl (C=O) groups excluding carboxylic acids is 3. The van der Waals surface area contributed by atoms with Gasteiger partial charge in [-0.05, 0) is 48.6 Å². The smallest absolute Gasteiger partial charge is 0.260 e. The average molecular weight is 441 g/mol. The van der Waals surface area contributed by atoms with E-state index in [-0.39, 0.29) is 36.0 Å². The number of piperidine rings is 1. The first-order chi connectivity index (χ1) is 14.9. The molecule has 1 unspecified atom stereocenters. The molecule has 2 aliphatic rings. The zero-order chi connectivity index (χ0) is 22.0. The van der Waals surface area contributed by atoms with Crippen LogP contribution in [0.1, 0.15) is 48.0 Å². The average Bonchev–Trinajstić information content (AvgIpc) is 3.09. The van der Waals surface area contributed by atoms with Crippen LogP contribution in [0.3, 0.4) is 0 Å². The molecule has 0 bridgehead atoms. The van der Waals surface area contributed by atoms with Gasteiger partial charge in [0.2, 0.25) is 5.91 Å². The van der Waals surface area contributed by atoms with Gasteiger partial charge in [-0.15, -0.1) is 0 Å². The predicted molar refractivity (Wildman–Crippen MR) is 119 cm³/mol. The fraction of sp³-hybridized carbons (Fsp3) is 0.375. The number of fused-ring (bicyclic) bond motifs is 1. The summed E-state index contributed by atoms with van der Waals surface area (Å²) in [5.74, 6) is 0.180. The number of benzene rings is 2. The molecule has 2 aromatic carbocycles. The Balaban J connectivity index is 1.30. The number of hydrogen-bond donors (Lipinski definition) is 1. The van der Waals surface area contributed by atoms with Gasteiger partial charge in [-0.2, -0.15) is 0 Å². The molecular formula is C24H25ClN2O4. The highest BCUT2D eigenvalue weighted by Gasteiger charge is 2.32. The first-order valence-corrected chi connectivity index (χ1v) is 10.9. The number of ether oxygens (including phenoxy) is 1. The van der Waals surface area contributed by atoms with Gasteiger partial charge in [0, 0.05) is 36.1 Å². The second kappa shape index (κ2) is 9.10. The van der Waals surface area contributed by atoms with Crippen LogP contribution in [-0.4, -0.2) is 42.2 Å². The summed E-state index contributed by atoms with van der Waals surface area (Å²) in [7, 11) is 0.